The van der Waals surface area contributed by atoms with Gasteiger partial charge in [-0.2, -0.15) is 0 Å². The predicted octanol–water partition coefficient (Wildman–Crippen LogP) is 3.53. The van der Waals surface area contributed by atoms with E-state index in [4.69, 9.17) is 18.9 Å². The summed E-state index contributed by atoms with van der Waals surface area (Å²) in [4.78, 5) is 12.6. The fraction of sp³-hybridized carbons (Fsp3) is 0.316. The van der Waals surface area contributed by atoms with Crippen molar-refractivity contribution in [2.75, 3.05) is 19.2 Å². The number of carbonyl (C=O) groups excluding carboxylic acids is 1. The van der Waals surface area contributed by atoms with Crippen LogP contribution in [0.5, 0.6) is 23.0 Å². The zero-order valence-corrected chi connectivity index (χ0v) is 14.5. The predicted molar refractivity (Wildman–Crippen MR) is 93.6 cm³/mol. The van der Waals surface area contributed by atoms with Gasteiger partial charge in [0.1, 0.15) is 11.5 Å². The fourth-order valence-corrected chi connectivity index (χ4v) is 2.57. The Morgan fingerprint density at radius 1 is 1.20 bits per heavy atom. The summed E-state index contributed by atoms with van der Waals surface area (Å²) in [6.07, 6.45) is -0.111. The van der Waals surface area contributed by atoms with Gasteiger partial charge < -0.3 is 24.3 Å². The van der Waals surface area contributed by atoms with Gasteiger partial charge in [-0.05, 0) is 43.2 Å². The van der Waals surface area contributed by atoms with Crippen molar-refractivity contribution in [3.05, 3.63) is 42.0 Å². The summed E-state index contributed by atoms with van der Waals surface area (Å²) in [7, 11) is 1.57. The number of amides is 1. The lowest BCUT2D eigenvalue weighted by Crippen LogP contribution is -2.32. The minimum absolute atomic E-state index is 0.198. The van der Waals surface area contributed by atoms with Crippen LogP contribution < -0.4 is 24.3 Å². The second kappa shape index (κ2) is 7.34. The number of hydrogen-bond donors (Lipinski definition) is 1. The molecule has 0 bridgehead atoms. The molecule has 6 nitrogen and oxygen atoms in total. The van der Waals surface area contributed by atoms with Crippen LogP contribution in [0.2, 0.25) is 0 Å². The highest BCUT2D eigenvalue weighted by Crippen LogP contribution is 2.35. The number of nitrogens with one attached hydrogen (secondary N) is 1. The Labute approximate surface area is 146 Å². The lowest BCUT2D eigenvalue weighted by Gasteiger charge is -2.18. The molecule has 2 aromatic rings. The Balaban J connectivity index is 1.72. The van der Waals surface area contributed by atoms with Gasteiger partial charge in [0.15, 0.2) is 17.6 Å². The van der Waals surface area contributed by atoms with Crippen LogP contribution in [-0.2, 0) is 4.79 Å². The number of ether oxygens (including phenoxy) is 4. The molecule has 1 aliphatic heterocycles. The molecule has 0 fully saturated rings. The van der Waals surface area contributed by atoms with E-state index in [9.17, 15) is 4.79 Å². The van der Waals surface area contributed by atoms with Gasteiger partial charge in [-0.3, -0.25) is 4.79 Å². The normalized spacial score (nSPS) is 13.2. The van der Waals surface area contributed by atoms with Crippen molar-refractivity contribution in [1.82, 2.24) is 0 Å². The van der Waals surface area contributed by atoms with Crippen molar-refractivity contribution in [2.24, 2.45) is 0 Å². The van der Waals surface area contributed by atoms with Gasteiger partial charge >= 0.3 is 0 Å². The molecule has 1 atom stereocenters. The monoisotopic (exact) mass is 343 g/mol. The number of anilines is 1. The lowest BCUT2D eigenvalue weighted by molar-refractivity contribution is -0.122. The molecule has 1 heterocycles. The van der Waals surface area contributed by atoms with E-state index in [1.54, 1.807) is 25.3 Å². The van der Waals surface area contributed by atoms with Crippen molar-refractivity contribution in [3.8, 4) is 23.0 Å². The molecule has 25 heavy (non-hydrogen) atoms. The maximum Gasteiger partial charge on any atom is 0.265 e. The summed E-state index contributed by atoms with van der Waals surface area (Å²) < 4.78 is 21.7. The summed E-state index contributed by atoms with van der Waals surface area (Å²) >= 11 is 0. The van der Waals surface area contributed by atoms with Crippen molar-refractivity contribution in [1.29, 1.82) is 0 Å². The summed E-state index contributed by atoms with van der Waals surface area (Å²) in [6.45, 7) is 4.05. The molecule has 0 aliphatic carbocycles. The third-order valence-electron chi connectivity index (χ3n) is 3.90. The Bertz CT molecular complexity index is 774. The molecule has 0 aromatic heterocycles. The van der Waals surface area contributed by atoms with E-state index in [1.807, 2.05) is 32.0 Å². The zero-order valence-electron chi connectivity index (χ0n) is 14.5. The molecular weight excluding hydrogens is 322 g/mol. The first-order valence-corrected chi connectivity index (χ1v) is 8.12. The summed E-state index contributed by atoms with van der Waals surface area (Å²) in [5.41, 5.74) is 1.65. The maximum atomic E-state index is 12.6. The van der Waals surface area contributed by atoms with Crippen molar-refractivity contribution in [2.45, 2.75) is 26.4 Å². The van der Waals surface area contributed by atoms with Crippen molar-refractivity contribution >= 4 is 11.6 Å². The maximum absolute atomic E-state index is 12.6. The van der Waals surface area contributed by atoms with E-state index >= 15 is 0 Å². The Morgan fingerprint density at radius 2 is 2.00 bits per heavy atom. The van der Waals surface area contributed by atoms with Crippen LogP contribution in [-0.4, -0.2) is 25.9 Å². The van der Waals surface area contributed by atoms with E-state index < -0.39 is 6.10 Å². The highest BCUT2D eigenvalue weighted by Gasteiger charge is 2.21. The van der Waals surface area contributed by atoms with Crippen LogP contribution in [0.15, 0.2) is 36.4 Å². The lowest BCUT2D eigenvalue weighted by atomic mass is 10.2. The first-order valence-electron chi connectivity index (χ1n) is 8.12. The summed E-state index contributed by atoms with van der Waals surface area (Å²) in [5.74, 6) is 2.23. The van der Waals surface area contributed by atoms with Gasteiger partial charge in [0.2, 0.25) is 6.79 Å². The molecule has 0 saturated heterocycles. The molecular formula is C19H21NO5. The van der Waals surface area contributed by atoms with Crippen LogP contribution >= 0.6 is 0 Å². The smallest absolute Gasteiger partial charge is 0.265 e. The van der Waals surface area contributed by atoms with Gasteiger partial charge in [0.05, 0.1) is 12.8 Å². The topological polar surface area (TPSA) is 66.0 Å². The second-order valence-electron chi connectivity index (χ2n) is 5.72. The zero-order chi connectivity index (χ0) is 17.8. The summed E-state index contributed by atoms with van der Waals surface area (Å²) in [5, 5.41) is 2.88. The molecule has 132 valence electrons. The van der Waals surface area contributed by atoms with E-state index in [-0.39, 0.29) is 12.7 Å². The molecule has 0 spiro atoms. The minimum atomic E-state index is -0.634. The Hall–Kier alpha value is -2.89. The minimum Gasteiger partial charge on any atom is -0.495 e. The van der Waals surface area contributed by atoms with Gasteiger partial charge in [-0.1, -0.05) is 13.0 Å². The Morgan fingerprint density at radius 3 is 2.76 bits per heavy atom. The standard InChI is InChI=1S/C19H21NO5/c1-4-15(25-13-6-8-17-18(10-13)24-11-23-17)19(21)20-14-9-12(2)5-7-16(14)22-3/h5-10,15H,4,11H2,1-3H3,(H,20,21). The number of carbonyl (C=O) groups is 1. The summed E-state index contributed by atoms with van der Waals surface area (Å²) in [6, 6.07) is 10.9. The third kappa shape index (κ3) is 3.79. The number of hydrogen-bond acceptors (Lipinski definition) is 5. The third-order valence-corrected chi connectivity index (χ3v) is 3.90. The molecule has 1 unspecified atom stereocenters. The SMILES string of the molecule is CCC(Oc1ccc2c(c1)OCO2)C(=O)Nc1cc(C)ccc1OC. The molecule has 1 aliphatic rings. The molecule has 0 radical (unpaired) electrons. The molecule has 3 rings (SSSR count). The van der Waals surface area contributed by atoms with Crippen LogP contribution in [0.1, 0.15) is 18.9 Å². The van der Waals surface area contributed by atoms with Crippen LogP contribution in [0.25, 0.3) is 0 Å². The van der Waals surface area contributed by atoms with Gasteiger partial charge in [0, 0.05) is 6.07 Å². The molecule has 2 aromatic carbocycles. The van der Waals surface area contributed by atoms with E-state index in [1.165, 1.54) is 0 Å². The van der Waals surface area contributed by atoms with Gasteiger partial charge in [-0.15, -0.1) is 0 Å². The molecule has 1 N–H and O–H groups in total. The highest BCUT2D eigenvalue weighted by molar-refractivity contribution is 5.95. The first kappa shape index (κ1) is 17.0. The number of aryl methyl sites for hydroxylation is 1. The van der Waals surface area contributed by atoms with Crippen molar-refractivity contribution in [3.63, 3.8) is 0 Å². The second-order valence-corrected chi connectivity index (χ2v) is 5.72. The van der Waals surface area contributed by atoms with Crippen LogP contribution in [0.4, 0.5) is 5.69 Å². The molecule has 0 saturated carbocycles. The van der Waals surface area contributed by atoms with Gasteiger partial charge in [0.25, 0.3) is 5.91 Å². The quantitative estimate of drug-likeness (QED) is 0.869. The van der Waals surface area contributed by atoms with E-state index in [2.05, 4.69) is 5.32 Å². The largest absolute Gasteiger partial charge is 0.495 e. The first-order chi connectivity index (χ1) is 12.1. The average molecular weight is 343 g/mol. The molecule has 1 amide bonds. The number of benzene rings is 2. The van der Waals surface area contributed by atoms with E-state index in [0.29, 0.717) is 35.1 Å². The number of methoxy groups -OCH3 is 1. The number of fused-ring (bicyclic) bond motifs is 1. The van der Waals surface area contributed by atoms with Crippen molar-refractivity contribution < 1.29 is 23.7 Å². The highest BCUT2D eigenvalue weighted by atomic mass is 16.7. The number of rotatable bonds is 6. The van der Waals surface area contributed by atoms with Crippen LogP contribution in [0.3, 0.4) is 0 Å². The Kier molecular flexibility index (Phi) is 4.97. The van der Waals surface area contributed by atoms with E-state index in [0.717, 1.165) is 5.56 Å². The van der Waals surface area contributed by atoms with Crippen LogP contribution in [0, 0.1) is 6.92 Å². The average Bonchev–Trinajstić information content (AvgIpc) is 3.07. The van der Waals surface area contributed by atoms with Gasteiger partial charge in [-0.25, -0.2) is 0 Å². The molecule has 6 heteroatoms. The fourth-order valence-electron chi connectivity index (χ4n) is 2.57.